The molecular formula is C40H38N2O6. The van der Waals surface area contributed by atoms with E-state index >= 15 is 0 Å². The van der Waals surface area contributed by atoms with Crippen LogP contribution in [0.25, 0.3) is 12.2 Å². The number of hydrogen-bond acceptors (Lipinski definition) is 8. The first-order valence-corrected chi connectivity index (χ1v) is 15.9. The van der Waals surface area contributed by atoms with Gasteiger partial charge in [-0.1, -0.05) is 85.0 Å². The Bertz CT molecular complexity index is 1690. The first kappa shape index (κ1) is 32.5. The van der Waals surface area contributed by atoms with Crippen LogP contribution in [0.5, 0.6) is 23.0 Å². The topological polar surface area (TPSA) is 77.5 Å². The van der Waals surface area contributed by atoms with E-state index in [1.165, 1.54) is 36.5 Å². The van der Waals surface area contributed by atoms with Gasteiger partial charge in [0.15, 0.2) is 23.0 Å². The van der Waals surface area contributed by atoms with Crippen molar-refractivity contribution in [3.8, 4) is 23.0 Å². The molecule has 0 aliphatic carbocycles. The molecule has 4 aromatic carbocycles. The number of methoxy groups -OCH3 is 2. The first-order chi connectivity index (χ1) is 23.5. The number of nitrogens with zero attached hydrogens (tertiary/aromatic N) is 2. The summed E-state index contributed by atoms with van der Waals surface area (Å²) in [6.45, 7) is 5.38. The molecule has 0 N–H and O–H groups in total. The van der Waals surface area contributed by atoms with E-state index in [9.17, 15) is 9.59 Å². The van der Waals surface area contributed by atoms with Gasteiger partial charge in [-0.2, -0.15) is 0 Å². The molecule has 244 valence electrons. The summed E-state index contributed by atoms with van der Waals surface area (Å²) < 4.78 is 21.8. The molecule has 0 saturated carbocycles. The maximum atomic E-state index is 12.5. The van der Waals surface area contributed by atoms with Crippen LogP contribution in [0.2, 0.25) is 0 Å². The van der Waals surface area contributed by atoms with Crippen molar-refractivity contribution in [3.63, 3.8) is 0 Å². The number of ether oxygens (including phenoxy) is 4. The lowest BCUT2D eigenvalue weighted by Crippen LogP contribution is -2.15. The van der Waals surface area contributed by atoms with Gasteiger partial charge < -0.3 is 18.9 Å². The zero-order valence-electron chi connectivity index (χ0n) is 27.1. The largest absolute Gasteiger partial charge is 0.493 e. The van der Waals surface area contributed by atoms with E-state index in [0.717, 1.165) is 62.5 Å². The monoisotopic (exact) mass is 642 g/mol. The number of benzene rings is 4. The molecule has 2 aliphatic rings. The number of carbonyl (C=O) groups is 2. The van der Waals surface area contributed by atoms with Gasteiger partial charge in [-0.25, -0.2) is 9.59 Å². The van der Waals surface area contributed by atoms with E-state index < -0.39 is 11.9 Å². The molecule has 0 spiro atoms. The zero-order valence-corrected chi connectivity index (χ0v) is 27.1. The van der Waals surface area contributed by atoms with E-state index in [4.69, 9.17) is 18.9 Å². The fraction of sp³-hybridized carbons (Fsp3) is 0.200. The molecule has 8 heteroatoms. The van der Waals surface area contributed by atoms with Gasteiger partial charge in [0, 0.05) is 51.4 Å². The van der Waals surface area contributed by atoms with Crippen LogP contribution in [0.1, 0.15) is 33.4 Å². The fourth-order valence-electron chi connectivity index (χ4n) is 5.91. The molecule has 8 nitrogen and oxygen atoms in total. The van der Waals surface area contributed by atoms with Gasteiger partial charge in [0.05, 0.1) is 14.2 Å². The zero-order chi connectivity index (χ0) is 33.3. The highest BCUT2D eigenvalue weighted by Gasteiger charge is 2.18. The molecule has 48 heavy (non-hydrogen) atoms. The maximum Gasteiger partial charge on any atom is 0.336 e. The SMILES string of the molecule is COc1cc(/C=C/CN2Cc3ccccc3C2)ccc1OC(=O)/C=C\C(=O)Oc1ccc(/C=C/CN2Cc3ccccc3C2)cc1OC. The van der Waals surface area contributed by atoms with E-state index in [1.54, 1.807) is 24.3 Å². The second-order valence-electron chi connectivity index (χ2n) is 11.7. The Morgan fingerprint density at radius 3 is 1.29 bits per heavy atom. The number of hydrogen-bond donors (Lipinski definition) is 0. The average Bonchev–Trinajstić information content (AvgIpc) is 3.72. The molecule has 2 heterocycles. The van der Waals surface area contributed by atoms with E-state index in [-0.39, 0.29) is 11.5 Å². The Morgan fingerprint density at radius 2 is 0.938 bits per heavy atom. The van der Waals surface area contributed by atoms with E-state index in [1.807, 2.05) is 24.3 Å². The second kappa shape index (κ2) is 15.4. The first-order valence-electron chi connectivity index (χ1n) is 15.9. The molecule has 0 amide bonds. The van der Waals surface area contributed by atoms with Crippen molar-refractivity contribution in [2.45, 2.75) is 26.2 Å². The van der Waals surface area contributed by atoms with Gasteiger partial charge in [0.1, 0.15) is 0 Å². The summed E-state index contributed by atoms with van der Waals surface area (Å²) in [7, 11) is 3.02. The van der Waals surface area contributed by atoms with Crippen molar-refractivity contribution in [1.82, 2.24) is 9.80 Å². The molecule has 0 saturated heterocycles. The van der Waals surface area contributed by atoms with Crippen molar-refractivity contribution in [2.24, 2.45) is 0 Å². The summed E-state index contributed by atoms with van der Waals surface area (Å²) in [6.07, 6.45) is 10.3. The number of carbonyl (C=O) groups excluding carboxylic acids is 2. The van der Waals surface area contributed by atoms with Gasteiger partial charge in [0.25, 0.3) is 0 Å². The molecule has 0 atom stereocenters. The summed E-state index contributed by atoms with van der Waals surface area (Å²) in [6, 6.07) is 27.6. The predicted molar refractivity (Wildman–Crippen MR) is 186 cm³/mol. The van der Waals surface area contributed by atoms with Crippen molar-refractivity contribution < 1.29 is 28.5 Å². The quantitative estimate of drug-likeness (QED) is 0.0946. The molecule has 4 aromatic rings. The van der Waals surface area contributed by atoms with E-state index in [2.05, 4.69) is 70.5 Å². The minimum atomic E-state index is -0.740. The van der Waals surface area contributed by atoms with Crippen molar-refractivity contribution in [3.05, 3.63) is 143 Å². The standard InChI is InChI=1S/C40H38N2O6/c1-45-37-23-29(9-7-21-41-25-31-11-3-4-12-32(31)26-41)15-17-35(37)47-39(43)19-20-40(44)48-36-18-16-30(24-38(36)46-2)10-8-22-42-27-33-13-5-6-14-34(33)28-42/h3-20,23-24H,21-22,25-28H2,1-2H3/b9-7+,10-8+,20-19-. The molecular weight excluding hydrogens is 604 g/mol. The Hall–Kier alpha value is -5.44. The third-order valence-electron chi connectivity index (χ3n) is 8.31. The van der Waals surface area contributed by atoms with Crippen LogP contribution in [-0.2, 0) is 35.8 Å². The van der Waals surface area contributed by atoms with Crippen LogP contribution < -0.4 is 18.9 Å². The molecule has 0 aromatic heterocycles. The van der Waals surface area contributed by atoms with Crippen LogP contribution >= 0.6 is 0 Å². The van der Waals surface area contributed by atoms with Crippen LogP contribution in [0.4, 0.5) is 0 Å². The average molecular weight is 643 g/mol. The molecule has 0 radical (unpaired) electrons. The number of rotatable bonds is 12. The fourth-order valence-corrected chi connectivity index (χ4v) is 5.91. The highest BCUT2D eigenvalue weighted by atomic mass is 16.6. The third kappa shape index (κ3) is 8.28. The van der Waals surface area contributed by atoms with Crippen molar-refractivity contribution >= 4 is 24.1 Å². The summed E-state index contributed by atoms with van der Waals surface area (Å²) in [5.74, 6) is -0.190. The van der Waals surface area contributed by atoms with Gasteiger partial charge in [-0.15, -0.1) is 0 Å². The molecule has 6 rings (SSSR count). The smallest absolute Gasteiger partial charge is 0.336 e. The minimum Gasteiger partial charge on any atom is -0.493 e. The summed E-state index contributed by atoms with van der Waals surface area (Å²) >= 11 is 0. The van der Waals surface area contributed by atoms with Crippen molar-refractivity contribution in [1.29, 1.82) is 0 Å². The highest BCUT2D eigenvalue weighted by molar-refractivity contribution is 5.93. The second-order valence-corrected chi connectivity index (χ2v) is 11.7. The predicted octanol–water partition coefficient (Wildman–Crippen LogP) is 6.83. The summed E-state index contributed by atoms with van der Waals surface area (Å²) in [5.41, 5.74) is 7.32. The Morgan fingerprint density at radius 1 is 0.562 bits per heavy atom. The Balaban J connectivity index is 0.978. The minimum absolute atomic E-state index is 0.243. The lowest BCUT2D eigenvalue weighted by atomic mass is 10.1. The number of fused-ring (bicyclic) bond motifs is 2. The van der Waals surface area contributed by atoms with Gasteiger partial charge >= 0.3 is 11.9 Å². The third-order valence-corrected chi connectivity index (χ3v) is 8.31. The lowest BCUT2D eigenvalue weighted by Gasteiger charge is -2.12. The Labute approximate surface area is 281 Å². The highest BCUT2D eigenvalue weighted by Crippen LogP contribution is 2.31. The van der Waals surface area contributed by atoms with Gasteiger partial charge in [0.2, 0.25) is 0 Å². The molecule has 2 aliphatic heterocycles. The lowest BCUT2D eigenvalue weighted by molar-refractivity contribution is -0.131. The summed E-state index contributed by atoms with van der Waals surface area (Å²) in [4.78, 5) is 29.8. The van der Waals surface area contributed by atoms with E-state index in [0.29, 0.717) is 11.5 Å². The number of esters is 2. The Kier molecular flexibility index (Phi) is 10.4. The maximum absolute atomic E-state index is 12.5. The normalized spacial score (nSPS) is 14.5. The van der Waals surface area contributed by atoms with Gasteiger partial charge in [-0.3, -0.25) is 9.80 Å². The van der Waals surface area contributed by atoms with Crippen LogP contribution in [0, 0.1) is 0 Å². The van der Waals surface area contributed by atoms with Crippen LogP contribution in [-0.4, -0.2) is 49.0 Å². The van der Waals surface area contributed by atoms with Gasteiger partial charge in [-0.05, 0) is 57.6 Å². The van der Waals surface area contributed by atoms with Crippen LogP contribution in [0.15, 0.2) is 109 Å². The van der Waals surface area contributed by atoms with Crippen molar-refractivity contribution in [2.75, 3.05) is 27.3 Å². The molecule has 0 bridgehead atoms. The molecule has 0 fully saturated rings. The summed E-state index contributed by atoms with van der Waals surface area (Å²) in [5, 5.41) is 0. The molecule has 0 unspecified atom stereocenters. The van der Waals surface area contributed by atoms with Crippen LogP contribution in [0.3, 0.4) is 0 Å².